The van der Waals surface area contributed by atoms with E-state index >= 15 is 0 Å². The van der Waals surface area contributed by atoms with Gasteiger partial charge in [0.1, 0.15) is 5.75 Å². The molecule has 2 N–H and O–H groups in total. The molecule has 5 nitrogen and oxygen atoms in total. The highest BCUT2D eigenvalue weighted by atomic mass is 32.2. The Bertz CT molecular complexity index is 654. The Balaban J connectivity index is 1.60. The van der Waals surface area contributed by atoms with Gasteiger partial charge in [-0.15, -0.1) is 0 Å². The number of nitrogens with one attached hydrogen (secondary N) is 1. The van der Waals surface area contributed by atoms with E-state index in [0.29, 0.717) is 6.54 Å². The van der Waals surface area contributed by atoms with Crippen LogP contribution in [0.15, 0.2) is 35.3 Å². The molecular formula is C19H27N3O2S. The van der Waals surface area contributed by atoms with Crippen LogP contribution in [0.1, 0.15) is 18.4 Å². The van der Waals surface area contributed by atoms with Gasteiger partial charge in [-0.3, -0.25) is 4.99 Å². The molecule has 1 fully saturated rings. The number of rotatable bonds is 4. The van der Waals surface area contributed by atoms with E-state index in [2.05, 4.69) is 33.4 Å². The maximum atomic E-state index is 10.5. The maximum absolute atomic E-state index is 10.5. The number of benzene rings is 1. The van der Waals surface area contributed by atoms with Gasteiger partial charge in [0.25, 0.3) is 0 Å². The number of guanidine groups is 1. The topological polar surface area (TPSA) is 57.1 Å². The molecule has 1 aromatic rings. The smallest absolute Gasteiger partial charge is 0.194 e. The molecule has 0 aromatic heterocycles. The summed E-state index contributed by atoms with van der Waals surface area (Å²) in [7, 11) is 3.50. The van der Waals surface area contributed by atoms with Crippen molar-refractivity contribution in [3.05, 3.63) is 35.9 Å². The fourth-order valence-corrected chi connectivity index (χ4v) is 4.55. The minimum Gasteiger partial charge on any atom is -0.497 e. The second-order valence-corrected chi connectivity index (χ2v) is 7.69. The molecule has 1 saturated heterocycles. The van der Waals surface area contributed by atoms with Crippen molar-refractivity contribution in [2.45, 2.75) is 18.4 Å². The van der Waals surface area contributed by atoms with Crippen molar-refractivity contribution in [3.63, 3.8) is 0 Å². The molecular weight excluding hydrogens is 334 g/mol. The first-order valence-electron chi connectivity index (χ1n) is 8.73. The monoisotopic (exact) mass is 361 g/mol. The van der Waals surface area contributed by atoms with Crippen LogP contribution in [0.4, 0.5) is 0 Å². The Labute approximate surface area is 154 Å². The molecule has 1 unspecified atom stereocenters. The fourth-order valence-electron chi connectivity index (χ4n) is 3.26. The van der Waals surface area contributed by atoms with Gasteiger partial charge >= 0.3 is 0 Å². The number of ether oxygens (including phenoxy) is 1. The fraction of sp³-hybridized carbons (Fsp3) is 0.526. The number of hydrogen-bond donors (Lipinski definition) is 2. The molecule has 2 aliphatic rings. The van der Waals surface area contributed by atoms with Crippen molar-refractivity contribution in [2.75, 3.05) is 45.3 Å². The molecule has 0 saturated carbocycles. The number of methoxy groups -OCH3 is 1. The number of aliphatic imine (C=N–C) groups is 1. The SMILES string of the molecule is CN=C(NCC1(O)CCSC1)N1CC=C(c2cccc(OC)c2)CC1. The van der Waals surface area contributed by atoms with E-state index in [1.165, 1.54) is 11.1 Å². The van der Waals surface area contributed by atoms with Crippen molar-refractivity contribution in [1.29, 1.82) is 0 Å². The lowest BCUT2D eigenvalue weighted by molar-refractivity contribution is 0.0718. The summed E-state index contributed by atoms with van der Waals surface area (Å²) < 4.78 is 5.32. The molecule has 0 aliphatic carbocycles. The van der Waals surface area contributed by atoms with E-state index in [0.717, 1.165) is 49.1 Å². The Kier molecular flexibility index (Phi) is 5.91. The van der Waals surface area contributed by atoms with E-state index in [1.807, 2.05) is 23.9 Å². The molecule has 0 bridgehead atoms. The Hall–Kier alpha value is -1.66. The lowest BCUT2D eigenvalue weighted by Crippen LogP contribution is -2.49. The Morgan fingerprint density at radius 2 is 2.36 bits per heavy atom. The van der Waals surface area contributed by atoms with Gasteiger partial charge in [0.15, 0.2) is 5.96 Å². The Morgan fingerprint density at radius 1 is 1.48 bits per heavy atom. The van der Waals surface area contributed by atoms with E-state index in [4.69, 9.17) is 4.74 Å². The van der Waals surface area contributed by atoms with Crippen LogP contribution in [0.5, 0.6) is 5.75 Å². The van der Waals surface area contributed by atoms with Crippen molar-refractivity contribution >= 4 is 23.3 Å². The molecule has 6 heteroatoms. The quantitative estimate of drug-likeness (QED) is 0.636. The van der Waals surface area contributed by atoms with Crippen molar-refractivity contribution in [1.82, 2.24) is 10.2 Å². The number of hydrogen-bond acceptors (Lipinski definition) is 4. The lowest BCUT2D eigenvalue weighted by Gasteiger charge is -2.31. The summed E-state index contributed by atoms with van der Waals surface area (Å²) in [6.45, 7) is 2.30. The molecule has 0 spiro atoms. The molecule has 3 rings (SSSR count). The van der Waals surface area contributed by atoms with E-state index in [-0.39, 0.29) is 0 Å². The van der Waals surface area contributed by atoms with Crippen molar-refractivity contribution < 1.29 is 9.84 Å². The number of aliphatic hydroxyl groups is 1. The minimum absolute atomic E-state index is 0.565. The van der Waals surface area contributed by atoms with Crippen LogP contribution in [0.3, 0.4) is 0 Å². The number of nitrogens with zero attached hydrogens (tertiary/aromatic N) is 2. The lowest BCUT2D eigenvalue weighted by atomic mass is 9.99. The van der Waals surface area contributed by atoms with Crippen LogP contribution in [0, 0.1) is 0 Å². The molecule has 0 radical (unpaired) electrons. The molecule has 2 aliphatic heterocycles. The summed E-state index contributed by atoms with van der Waals surface area (Å²) >= 11 is 1.81. The van der Waals surface area contributed by atoms with Gasteiger partial charge in [-0.25, -0.2) is 0 Å². The van der Waals surface area contributed by atoms with Crippen LogP contribution < -0.4 is 10.1 Å². The summed E-state index contributed by atoms with van der Waals surface area (Å²) in [6.07, 6.45) is 4.07. The summed E-state index contributed by atoms with van der Waals surface area (Å²) in [5.74, 6) is 3.59. The van der Waals surface area contributed by atoms with E-state index in [1.54, 1.807) is 14.2 Å². The second kappa shape index (κ2) is 8.15. The predicted molar refractivity (Wildman–Crippen MR) is 105 cm³/mol. The van der Waals surface area contributed by atoms with Gasteiger partial charge in [-0.1, -0.05) is 18.2 Å². The van der Waals surface area contributed by atoms with Gasteiger partial charge in [0.2, 0.25) is 0 Å². The summed E-state index contributed by atoms with van der Waals surface area (Å²) in [5, 5.41) is 13.9. The normalized spacial score (nSPS) is 24.2. The third kappa shape index (κ3) is 4.50. The first kappa shape index (κ1) is 18.1. The van der Waals surface area contributed by atoms with Gasteiger partial charge in [-0.2, -0.15) is 11.8 Å². The van der Waals surface area contributed by atoms with Crippen molar-refractivity contribution in [3.8, 4) is 5.75 Å². The first-order valence-corrected chi connectivity index (χ1v) is 9.88. The van der Waals surface area contributed by atoms with Crippen LogP contribution in [-0.2, 0) is 0 Å². The maximum Gasteiger partial charge on any atom is 0.194 e. The zero-order valence-electron chi connectivity index (χ0n) is 15.0. The van der Waals surface area contributed by atoms with Crippen LogP contribution in [0.25, 0.3) is 5.57 Å². The minimum atomic E-state index is -0.599. The summed E-state index contributed by atoms with van der Waals surface area (Å²) in [6, 6.07) is 8.21. The van der Waals surface area contributed by atoms with E-state index < -0.39 is 5.60 Å². The first-order chi connectivity index (χ1) is 12.1. The van der Waals surface area contributed by atoms with Gasteiger partial charge in [0.05, 0.1) is 12.7 Å². The third-order valence-electron chi connectivity index (χ3n) is 4.82. The molecule has 136 valence electrons. The molecule has 1 aromatic carbocycles. The van der Waals surface area contributed by atoms with Crippen molar-refractivity contribution in [2.24, 2.45) is 4.99 Å². The molecule has 25 heavy (non-hydrogen) atoms. The average molecular weight is 362 g/mol. The van der Waals surface area contributed by atoms with Gasteiger partial charge in [-0.05, 0) is 41.9 Å². The standard InChI is InChI=1S/C19H27N3O2S/c1-20-18(21-13-19(23)8-11-25-14-19)22-9-6-15(7-10-22)16-4-3-5-17(12-16)24-2/h3-6,12,23H,7-11,13-14H2,1-2H3,(H,20,21). The predicted octanol–water partition coefficient (Wildman–Crippen LogP) is 2.23. The Morgan fingerprint density at radius 3 is 3.00 bits per heavy atom. The van der Waals surface area contributed by atoms with Crippen LogP contribution in [0.2, 0.25) is 0 Å². The average Bonchev–Trinajstić information content (AvgIpc) is 3.09. The highest BCUT2D eigenvalue weighted by Gasteiger charge is 2.32. The second-order valence-electron chi connectivity index (χ2n) is 6.59. The zero-order chi connectivity index (χ0) is 17.7. The highest BCUT2D eigenvalue weighted by Crippen LogP contribution is 2.28. The van der Waals surface area contributed by atoms with E-state index in [9.17, 15) is 5.11 Å². The third-order valence-corrected chi connectivity index (χ3v) is 6.05. The van der Waals surface area contributed by atoms with Gasteiger partial charge < -0.3 is 20.1 Å². The largest absolute Gasteiger partial charge is 0.497 e. The molecule has 0 amide bonds. The number of thioether (sulfide) groups is 1. The van der Waals surface area contributed by atoms with Gasteiger partial charge in [0, 0.05) is 32.4 Å². The summed E-state index contributed by atoms with van der Waals surface area (Å²) in [5.41, 5.74) is 1.97. The van der Waals surface area contributed by atoms with Crippen LogP contribution in [-0.4, -0.2) is 66.9 Å². The highest BCUT2D eigenvalue weighted by molar-refractivity contribution is 7.99. The van der Waals surface area contributed by atoms with Crippen LogP contribution >= 0.6 is 11.8 Å². The summed E-state index contributed by atoms with van der Waals surface area (Å²) in [4.78, 5) is 6.62. The zero-order valence-corrected chi connectivity index (χ0v) is 15.8. The molecule has 1 atom stereocenters. The molecule has 2 heterocycles.